The van der Waals surface area contributed by atoms with Crippen LogP contribution >= 0.6 is 11.3 Å². The molecule has 3 rings (SSSR count). The highest BCUT2D eigenvalue weighted by atomic mass is 32.1. The van der Waals surface area contributed by atoms with Crippen molar-refractivity contribution >= 4 is 17.2 Å². The number of nitrogens with zero attached hydrogens (tertiary/aromatic N) is 5. The smallest absolute Gasteiger partial charge is 0.167 e. The molecule has 1 N–H and O–H groups in total. The predicted molar refractivity (Wildman–Crippen MR) is 88.9 cm³/mol. The molecule has 0 spiro atoms. The van der Waals surface area contributed by atoms with Crippen molar-refractivity contribution in [1.29, 1.82) is 5.26 Å². The molecule has 2 heterocycles. The summed E-state index contributed by atoms with van der Waals surface area (Å²) in [5.41, 5.74) is 3.16. The van der Waals surface area contributed by atoms with Crippen molar-refractivity contribution in [1.82, 2.24) is 20.4 Å². The molecule has 0 unspecified atom stereocenters. The molecule has 0 amide bonds. The molecule has 0 saturated carbocycles. The minimum atomic E-state index is 0.455. The zero-order valence-corrected chi connectivity index (χ0v) is 13.6. The molecule has 0 aliphatic rings. The van der Waals surface area contributed by atoms with Crippen LogP contribution in [0.25, 0.3) is 10.6 Å². The van der Waals surface area contributed by atoms with E-state index in [4.69, 9.17) is 0 Å². The summed E-state index contributed by atoms with van der Waals surface area (Å²) in [4.78, 5) is 0. The van der Waals surface area contributed by atoms with Crippen molar-refractivity contribution in [2.45, 2.75) is 20.4 Å². The molecule has 0 aliphatic carbocycles. The predicted octanol–water partition coefficient (Wildman–Crippen LogP) is 3.10. The van der Waals surface area contributed by atoms with Crippen LogP contribution in [-0.4, -0.2) is 20.4 Å². The Morgan fingerprint density at radius 3 is 2.61 bits per heavy atom. The molecule has 2 aromatic heterocycles. The lowest BCUT2D eigenvalue weighted by Gasteiger charge is -2.07. The maximum absolute atomic E-state index is 9.29. The number of hydrogen-bond donors (Lipinski definition) is 1. The number of aryl methyl sites for hydroxylation is 1. The summed E-state index contributed by atoms with van der Waals surface area (Å²) < 4.78 is 0. The van der Waals surface area contributed by atoms with Gasteiger partial charge in [-0.05, 0) is 19.4 Å². The third-order valence-electron chi connectivity index (χ3n) is 3.46. The van der Waals surface area contributed by atoms with Crippen LogP contribution in [0.5, 0.6) is 0 Å². The average Bonchev–Trinajstić information content (AvgIpc) is 3.06. The van der Waals surface area contributed by atoms with Gasteiger partial charge in [-0.25, -0.2) is 0 Å². The van der Waals surface area contributed by atoms with Crippen LogP contribution in [0.15, 0.2) is 30.3 Å². The van der Waals surface area contributed by atoms with Crippen LogP contribution < -0.4 is 5.32 Å². The fourth-order valence-electron chi connectivity index (χ4n) is 2.05. The van der Waals surface area contributed by atoms with Gasteiger partial charge in [-0.1, -0.05) is 41.7 Å². The highest BCUT2D eigenvalue weighted by molar-refractivity contribution is 7.14. The van der Waals surface area contributed by atoms with E-state index >= 15 is 0 Å². The molecule has 1 aromatic carbocycles. The number of benzene rings is 1. The van der Waals surface area contributed by atoms with Crippen molar-refractivity contribution < 1.29 is 0 Å². The summed E-state index contributed by atoms with van der Waals surface area (Å²) in [7, 11) is 0. The van der Waals surface area contributed by atoms with E-state index in [0.29, 0.717) is 17.9 Å². The second-order valence-corrected chi connectivity index (χ2v) is 6.03. The number of nitrogens with one attached hydrogen (secondary N) is 1. The van der Waals surface area contributed by atoms with E-state index in [1.807, 2.05) is 44.2 Å². The van der Waals surface area contributed by atoms with Gasteiger partial charge in [0.05, 0.1) is 12.2 Å². The molecule has 0 bridgehead atoms. The average molecular weight is 322 g/mol. The first kappa shape index (κ1) is 15.1. The molecule has 23 heavy (non-hydrogen) atoms. The van der Waals surface area contributed by atoms with E-state index in [1.165, 1.54) is 11.3 Å². The normalized spacial score (nSPS) is 10.3. The Morgan fingerprint density at radius 2 is 1.87 bits per heavy atom. The summed E-state index contributed by atoms with van der Waals surface area (Å²) in [5.74, 6) is 0.479. The standard InChI is InChI=1S/C16H14N6S/c1-10-11(2)19-21-15(13(10)8-17)18-9-14-20-22-16(23-14)12-6-4-3-5-7-12/h3-7H,9H2,1-2H3,(H,18,21). The van der Waals surface area contributed by atoms with E-state index in [0.717, 1.165) is 26.8 Å². The fourth-order valence-corrected chi connectivity index (χ4v) is 2.84. The van der Waals surface area contributed by atoms with Gasteiger partial charge in [0.25, 0.3) is 0 Å². The van der Waals surface area contributed by atoms with Gasteiger partial charge in [0.15, 0.2) is 5.82 Å². The minimum Gasteiger partial charge on any atom is -0.361 e. The largest absolute Gasteiger partial charge is 0.361 e. The number of hydrogen-bond acceptors (Lipinski definition) is 7. The molecule has 0 fully saturated rings. The second-order valence-electron chi connectivity index (χ2n) is 4.97. The molecular weight excluding hydrogens is 308 g/mol. The van der Waals surface area contributed by atoms with E-state index in [-0.39, 0.29) is 0 Å². The first-order valence-corrected chi connectivity index (χ1v) is 7.86. The van der Waals surface area contributed by atoms with Crippen molar-refractivity contribution in [3.05, 3.63) is 52.2 Å². The zero-order chi connectivity index (χ0) is 16.2. The molecule has 7 heteroatoms. The maximum atomic E-state index is 9.29. The molecule has 3 aromatic rings. The topological polar surface area (TPSA) is 87.4 Å². The van der Waals surface area contributed by atoms with Crippen molar-refractivity contribution in [3.8, 4) is 16.6 Å². The van der Waals surface area contributed by atoms with E-state index in [1.54, 1.807) is 0 Å². The Bertz CT molecular complexity index is 866. The first-order valence-electron chi connectivity index (χ1n) is 7.04. The summed E-state index contributed by atoms with van der Waals surface area (Å²) in [6.07, 6.45) is 0. The van der Waals surface area contributed by atoms with Crippen LogP contribution in [-0.2, 0) is 6.54 Å². The van der Waals surface area contributed by atoms with Gasteiger partial charge in [0, 0.05) is 5.56 Å². The zero-order valence-electron chi connectivity index (χ0n) is 12.7. The Balaban J connectivity index is 1.77. The van der Waals surface area contributed by atoms with Gasteiger partial charge in [-0.2, -0.15) is 10.4 Å². The highest BCUT2D eigenvalue weighted by Crippen LogP contribution is 2.24. The van der Waals surface area contributed by atoms with Gasteiger partial charge in [0.1, 0.15) is 21.6 Å². The number of aromatic nitrogens is 4. The Kier molecular flexibility index (Phi) is 4.26. The van der Waals surface area contributed by atoms with Crippen molar-refractivity contribution in [3.63, 3.8) is 0 Å². The molecule has 0 atom stereocenters. The Hall–Kier alpha value is -2.85. The van der Waals surface area contributed by atoms with Crippen LogP contribution in [0.4, 0.5) is 5.82 Å². The second kappa shape index (κ2) is 6.50. The van der Waals surface area contributed by atoms with Gasteiger partial charge in [-0.3, -0.25) is 0 Å². The van der Waals surface area contributed by atoms with Crippen LogP contribution in [0, 0.1) is 25.2 Å². The van der Waals surface area contributed by atoms with Gasteiger partial charge < -0.3 is 5.32 Å². The van der Waals surface area contributed by atoms with E-state index in [2.05, 4.69) is 31.8 Å². The number of rotatable bonds is 4. The minimum absolute atomic E-state index is 0.455. The quantitative estimate of drug-likeness (QED) is 0.794. The van der Waals surface area contributed by atoms with Crippen molar-refractivity contribution in [2.75, 3.05) is 5.32 Å². The van der Waals surface area contributed by atoms with Gasteiger partial charge in [0.2, 0.25) is 0 Å². The van der Waals surface area contributed by atoms with E-state index < -0.39 is 0 Å². The molecular formula is C16H14N6S. The monoisotopic (exact) mass is 322 g/mol. The fraction of sp³-hybridized carbons (Fsp3) is 0.188. The molecule has 0 radical (unpaired) electrons. The summed E-state index contributed by atoms with van der Waals surface area (Å²) in [5, 5.41) is 30.6. The lowest BCUT2D eigenvalue weighted by Crippen LogP contribution is -2.07. The summed E-state index contributed by atoms with van der Waals surface area (Å²) in [6, 6.07) is 12.1. The van der Waals surface area contributed by atoms with Crippen LogP contribution in [0.3, 0.4) is 0 Å². The van der Waals surface area contributed by atoms with E-state index in [9.17, 15) is 5.26 Å². The van der Waals surface area contributed by atoms with Crippen LogP contribution in [0.2, 0.25) is 0 Å². The molecule has 114 valence electrons. The number of nitriles is 1. The third kappa shape index (κ3) is 3.17. The summed E-state index contributed by atoms with van der Waals surface area (Å²) >= 11 is 1.51. The van der Waals surface area contributed by atoms with Crippen LogP contribution in [0.1, 0.15) is 21.8 Å². The Morgan fingerprint density at radius 1 is 1.09 bits per heavy atom. The summed E-state index contributed by atoms with van der Waals surface area (Å²) in [6.45, 7) is 4.16. The SMILES string of the molecule is Cc1nnc(NCc2nnc(-c3ccccc3)s2)c(C#N)c1C. The highest BCUT2D eigenvalue weighted by Gasteiger charge is 2.12. The lowest BCUT2D eigenvalue weighted by molar-refractivity contribution is 0.928. The number of anilines is 1. The molecule has 0 saturated heterocycles. The molecule has 6 nitrogen and oxygen atoms in total. The van der Waals surface area contributed by atoms with Gasteiger partial charge >= 0.3 is 0 Å². The third-order valence-corrected chi connectivity index (χ3v) is 4.43. The maximum Gasteiger partial charge on any atom is 0.167 e. The first-order chi connectivity index (χ1) is 11.2. The lowest BCUT2D eigenvalue weighted by atomic mass is 10.1. The van der Waals surface area contributed by atoms with Crippen molar-refractivity contribution in [2.24, 2.45) is 0 Å². The molecule has 0 aliphatic heterocycles. The Labute approximate surface area is 137 Å². The van der Waals surface area contributed by atoms with Gasteiger partial charge in [-0.15, -0.1) is 15.3 Å².